The van der Waals surface area contributed by atoms with Crippen molar-refractivity contribution in [3.8, 4) is 0 Å². The van der Waals surface area contributed by atoms with Gasteiger partial charge in [0, 0.05) is 22.4 Å². The van der Waals surface area contributed by atoms with Crippen LogP contribution in [-0.4, -0.2) is 28.6 Å². The van der Waals surface area contributed by atoms with Gasteiger partial charge in [-0.1, -0.05) is 0 Å². The first-order valence-corrected chi connectivity index (χ1v) is 3.97. The molecule has 0 N–H and O–H groups in total. The molecule has 2 nitrogen and oxygen atoms in total. The van der Waals surface area contributed by atoms with E-state index in [2.05, 4.69) is 16.0 Å². The van der Waals surface area contributed by atoms with Crippen LogP contribution in [0.3, 0.4) is 0 Å². The molecule has 2 radical (unpaired) electrons. The Morgan fingerprint density at radius 2 is 2.20 bits per heavy atom. The molecule has 0 aromatic rings. The van der Waals surface area contributed by atoms with Gasteiger partial charge in [-0.15, -0.1) is 0 Å². The van der Waals surface area contributed by atoms with Crippen molar-refractivity contribution in [3.63, 3.8) is 0 Å². The molecule has 0 heterocycles. The van der Waals surface area contributed by atoms with Crippen molar-refractivity contribution in [1.29, 1.82) is 0 Å². The van der Waals surface area contributed by atoms with Crippen molar-refractivity contribution in [2.75, 3.05) is 6.61 Å². The Kier molecular flexibility index (Phi) is 10.4. The van der Waals surface area contributed by atoms with E-state index in [-0.39, 0.29) is 33.2 Å². The van der Waals surface area contributed by atoms with Crippen molar-refractivity contribution in [1.82, 2.24) is 0 Å². The minimum absolute atomic E-state index is 0. The monoisotopic (exact) mass is 392 g/mol. The summed E-state index contributed by atoms with van der Waals surface area (Å²) in [7, 11) is 0. The Bertz CT molecular complexity index is 95.7. The van der Waals surface area contributed by atoms with E-state index < -0.39 is 0 Å². The predicted octanol–water partition coefficient (Wildman–Crippen LogP) is 0.914. The third kappa shape index (κ3) is 8.73. The van der Waals surface area contributed by atoms with Crippen LogP contribution in [-0.2, 0) is 31.9 Å². The topological polar surface area (TPSA) is 26.3 Å². The summed E-state index contributed by atoms with van der Waals surface area (Å²) in [6.45, 7) is 4.23. The second-order valence-corrected chi connectivity index (χ2v) is 3.51. The van der Waals surface area contributed by atoms with Gasteiger partial charge in [-0.3, -0.25) is 0 Å². The minimum Gasteiger partial charge on any atom is 0 e. The Labute approximate surface area is 85.4 Å². The normalized spacial score (nSPS) is 11.5. The summed E-state index contributed by atoms with van der Waals surface area (Å²) in [5.74, 6) is -0.122. The average molecular weight is 391 g/mol. The van der Waals surface area contributed by atoms with Crippen LogP contribution in [0.25, 0.3) is 0 Å². The molecule has 0 bridgehead atoms. The van der Waals surface area contributed by atoms with Crippen molar-refractivity contribution >= 4 is 22.0 Å². The average Bonchev–Trinajstić information content (AvgIpc) is 1.63. The van der Waals surface area contributed by atoms with E-state index in [9.17, 15) is 4.79 Å². The fraction of sp³-hybridized carbons (Fsp3) is 0.833. The zero-order chi connectivity index (χ0) is 7.28. The van der Waals surface area contributed by atoms with Gasteiger partial charge in [-0.25, -0.2) is 0 Å². The third-order valence-corrected chi connectivity index (χ3v) is 1.11. The molecule has 10 heavy (non-hydrogen) atoms. The van der Waals surface area contributed by atoms with Gasteiger partial charge < -0.3 is 0 Å². The molecule has 0 fully saturated rings. The molecule has 0 spiro atoms. The molecule has 1 atom stereocenters. The summed E-state index contributed by atoms with van der Waals surface area (Å²) >= 11 is 2.83. The zero-order valence-electron chi connectivity index (χ0n) is 6.02. The van der Waals surface area contributed by atoms with E-state index in [1.54, 1.807) is 0 Å². The van der Waals surface area contributed by atoms with Crippen molar-refractivity contribution in [3.05, 3.63) is 0 Å². The maximum absolute atomic E-state index is 10.6. The Balaban J connectivity index is 0. The SMILES string of the molecule is CCOC(=O)CC(C)[Se].[Au]. The van der Waals surface area contributed by atoms with Gasteiger partial charge in [0.2, 0.25) is 0 Å². The van der Waals surface area contributed by atoms with E-state index in [0.29, 0.717) is 13.0 Å². The molecule has 0 saturated heterocycles. The fourth-order valence-corrected chi connectivity index (χ4v) is 0.740. The molecule has 0 aliphatic carbocycles. The number of hydrogen-bond acceptors (Lipinski definition) is 2. The summed E-state index contributed by atoms with van der Waals surface area (Å²) in [5, 5.41) is 0. The number of carbonyl (C=O) groups is 1. The van der Waals surface area contributed by atoms with Gasteiger partial charge in [-0.05, 0) is 0 Å². The Morgan fingerprint density at radius 3 is 2.50 bits per heavy atom. The van der Waals surface area contributed by atoms with Crippen LogP contribution in [0.5, 0.6) is 0 Å². The molecule has 4 heteroatoms. The standard InChI is InChI=1S/C6H11O2Se.Au/c1-3-8-6(7)4-5(2)9;/h5H,3-4H2,1-2H3;. The van der Waals surface area contributed by atoms with Crippen LogP contribution in [0.1, 0.15) is 20.3 Å². The molecule has 1 unspecified atom stereocenters. The molecular formula is C6H11AuO2Se. The van der Waals surface area contributed by atoms with Gasteiger partial charge in [0.1, 0.15) is 0 Å². The van der Waals surface area contributed by atoms with Crippen LogP contribution < -0.4 is 0 Å². The molecule has 0 aliphatic heterocycles. The Morgan fingerprint density at radius 1 is 1.70 bits per heavy atom. The van der Waals surface area contributed by atoms with Crippen LogP contribution in [0.2, 0.25) is 4.82 Å². The number of carbonyl (C=O) groups excluding carboxylic acids is 1. The fourth-order valence-electron chi connectivity index (χ4n) is 0.455. The van der Waals surface area contributed by atoms with Gasteiger partial charge in [0.05, 0.1) is 0 Å². The van der Waals surface area contributed by atoms with Crippen LogP contribution in [0.15, 0.2) is 0 Å². The maximum atomic E-state index is 10.6. The summed E-state index contributed by atoms with van der Waals surface area (Å²) in [5.41, 5.74) is 0. The largest absolute Gasteiger partial charge is 0 e. The van der Waals surface area contributed by atoms with E-state index in [1.807, 2.05) is 13.8 Å². The number of hydrogen-bond donors (Lipinski definition) is 0. The van der Waals surface area contributed by atoms with Crippen LogP contribution in [0, 0.1) is 0 Å². The van der Waals surface area contributed by atoms with Crippen molar-refractivity contribution in [2.24, 2.45) is 0 Å². The van der Waals surface area contributed by atoms with Crippen molar-refractivity contribution in [2.45, 2.75) is 25.1 Å². The molecule has 0 rings (SSSR count). The maximum Gasteiger partial charge on any atom is 0 e. The van der Waals surface area contributed by atoms with E-state index in [4.69, 9.17) is 4.74 Å². The Hall–Kier alpha value is 0.730. The third-order valence-electron chi connectivity index (χ3n) is 0.759. The summed E-state index contributed by atoms with van der Waals surface area (Å²) in [6.07, 6.45) is 0.480. The second-order valence-electron chi connectivity index (χ2n) is 1.82. The summed E-state index contributed by atoms with van der Waals surface area (Å²) in [4.78, 5) is 10.9. The first-order valence-electron chi connectivity index (χ1n) is 2.98. The molecule has 0 amide bonds. The van der Waals surface area contributed by atoms with Gasteiger partial charge in [-0.2, -0.15) is 0 Å². The van der Waals surface area contributed by atoms with Crippen molar-refractivity contribution < 1.29 is 31.9 Å². The zero-order valence-corrected chi connectivity index (χ0v) is 9.90. The number of ether oxygens (including phenoxy) is 1. The smallest absolute Gasteiger partial charge is 0 e. The predicted molar refractivity (Wildman–Crippen MR) is 36.4 cm³/mol. The van der Waals surface area contributed by atoms with E-state index in [0.717, 1.165) is 0 Å². The van der Waals surface area contributed by atoms with Gasteiger partial charge in [0.25, 0.3) is 0 Å². The first-order chi connectivity index (χ1) is 4.16. The molecule has 0 aliphatic rings. The van der Waals surface area contributed by atoms with E-state index >= 15 is 0 Å². The number of esters is 1. The molecule has 64 valence electrons. The van der Waals surface area contributed by atoms with E-state index in [1.165, 1.54) is 0 Å². The molecule has 0 aromatic carbocycles. The quantitative estimate of drug-likeness (QED) is 0.529. The molecule has 0 aromatic heterocycles. The van der Waals surface area contributed by atoms with Gasteiger partial charge >= 0.3 is 63.2 Å². The minimum atomic E-state index is -0.122. The van der Waals surface area contributed by atoms with Gasteiger partial charge in [0.15, 0.2) is 0 Å². The summed E-state index contributed by atoms with van der Waals surface area (Å²) < 4.78 is 4.69. The van der Waals surface area contributed by atoms with Crippen LogP contribution >= 0.6 is 0 Å². The number of rotatable bonds is 3. The molecular weight excluding hydrogens is 380 g/mol. The molecule has 0 saturated carbocycles. The second kappa shape index (κ2) is 7.83. The van der Waals surface area contributed by atoms with Crippen LogP contribution in [0.4, 0.5) is 0 Å². The summed E-state index contributed by atoms with van der Waals surface area (Å²) in [6, 6.07) is 0. The first kappa shape index (κ1) is 13.3.